The maximum atomic E-state index is 12.2. The van der Waals surface area contributed by atoms with Gasteiger partial charge in [0.05, 0.1) is 0 Å². The van der Waals surface area contributed by atoms with Crippen molar-refractivity contribution in [1.82, 2.24) is 5.32 Å². The summed E-state index contributed by atoms with van der Waals surface area (Å²) in [5.41, 5.74) is 1.52. The van der Waals surface area contributed by atoms with Crippen LogP contribution in [0.2, 0.25) is 0 Å². The minimum absolute atomic E-state index is 0.00701. The third-order valence-corrected chi connectivity index (χ3v) is 4.61. The predicted octanol–water partition coefficient (Wildman–Crippen LogP) is 4.31. The molecule has 0 saturated carbocycles. The van der Waals surface area contributed by atoms with Crippen LogP contribution in [0.5, 0.6) is 0 Å². The van der Waals surface area contributed by atoms with Gasteiger partial charge in [-0.1, -0.05) is 36.7 Å². The van der Waals surface area contributed by atoms with Gasteiger partial charge in [-0.15, -0.1) is 0 Å². The smallest absolute Gasteiger partial charge is 0.251 e. The first-order valence-electron chi connectivity index (χ1n) is 6.13. The van der Waals surface area contributed by atoms with Crippen molar-refractivity contribution in [3.05, 3.63) is 33.8 Å². The average molecular weight is 312 g/mol. The number of benzene rings is 1. The van der Waals surface area contributed by atoms with Crippen molar-refractivity contribution in [3.63, 3.8) is 0 Å². The van der Waals surface area contributed by atoms with Gasteiger partial charge in [-0.05, 0) is 49.9 Å². The van der Waals surface area contributed by atoms with Crippen LogP contribution in [0.25, 0.3) is 0 Å². The van der Waals surface area contributed by atoms with Crippen LogP contribution in [0.15, 0.2) is 22.7 Å². The van der Waals surface area contributed by atoms with Crippen molar-refractivity contribution in [2.24, 2.45) is 5.41 Å². The highest BCUT2D eigenvalue weighted by atomic mass is 79.9. The molecule has 0 aliphatic heterocycles. The molecule has 0 aliphatic carbocycles. The summed E-state index contributed by atoms with van der Waals surface area (Å²) in [7, 11) is 0. The Morgan fingerprint density at radius 2 is 1.72 bits per heavy atom. The topological polar surface area (TPSA) is 29.1 Å². The van der Waals surface area contributed by atoms with Crippen LogP contribution < -0.4 is 5.32 Å². The number of nitrogens with one attached hydrogen (secondary N) is 1. The van der Waals surface area contributed by atoms with E-state index in [2.05, 4.69) is 55.9 Å². The van der Waals surface area contributed by atoms with Gasteiger partial charge in [-0.25, -0.2) is 0 Å². The number of carbonyl (C=O) groups is 1. The Bertz CT molecular complexity index is 458. The lowest BCUT2D eigenvalue weighted by Gasteiger charge is -2.39. The van der Waals surface area contributed by atoms with Gasteiger partial charge in [0, 0.05) is 15.6 Å². The Morgan fingerprint density at radius 1 is 1.17 bits per heavy atom. The zero-order valence-corrected chi connectivity index (χ0v) is 13.6. The van der Waals surface area contributed by atoms with Crippen molar-refractivity contribution in [2.45, 2.75) is 47.1 Å². The van der Waals surface area contributed by atoms with Crippen LogP contribution in [0, 0.1) is 12.3 Å². The van der Waals surface area contributed by atoms with Crippen LogP contribution in [-0.4, -0.2) is 11.4 Å². The van der Waals surface area contributed by atoms with Gasteiger partial charge < -0.3 is 5.32 Å². The Kier molecular flexibility index (Phi) is 4.26. The maximum Gasteiger partial charge on any atom is 0.251 e. The van der Waals surface area contributed by atoms with Crippen LogP contribution >= 0.6 is 15.9 Å². The van der Waals surface area contributed by atoms with E-state index in [9.17, 15) is 4.79 Å². The van der Waals surface area contributed by atoms with E-state index in [1.807, 2.05) is 25.1 Å². The van der Waals surface area contributed by atoms with E-state index in [1.165, 1.54) is 0 Å². The number of carbonyl (C=O) groups excluding carboxylic acids is 1. The lowest BCUT2D eigenvalue weighted by atomic mass is 9.76. The summed E-state index contributed by atoms with van der Waals surface area (Å²) in [4.78, 5) is 12.2. The summed E-state index contributed by atoms with van der Waals surface area (Å²) >= 11 is 3.44. The molecule has 0 atom stereocenters. The van der Waals surface area contributed by atoms with Crippen molar-refractivity contribution in [3.8, 4) is 0 Å². The lowest BCUT2D eigenvalue weighted by Crippen LogP contribution is -2.52. The van der Waals surface area contributed by atoms with Gasteiger partial charge in [0.15, 0.2) is 0 Å². The third kappa shape index (κ3) is 3.35. The third-order valence-electron chi connectivity index (χ3n) is 3.72. The molecule has 1 rings (SSSR count). The minimum Gasteiger partial charge on any atom is -0.347 e. The molecule has 0 heterocycles. The molecule has 100 valence electrons. The van der Waals surface area contributed by atoms with Crippen LogP contribution in [-0.2, 0) is 0 Å². The zero-order valence-electron chi connectivity index (χ0n) is 12.0. The molecule has 0 saturated heterocycles. The van der Waals surface area contributed by atoms with E-state index < -0.39 is 0 Å². The van der Waals surface area contributed by atoms with Crippen molar-refractivity contribution >= 4 is 21.8 Å². The first-order chi connectivity index (χ1) is 8.04. The summed E-state index contributed by atoms with van der Waals surface area (Å²) in [5, 5.41) is 3.10. The average Bonchev–Trinajstić information content (AvgIpc) is 2.19. The zero-order chi connectivity index (χ0) is 14.1. The van der Waals surface area contributed by atoms with Crippen LogP contribution in [0.3, 0.4) is 0 Å². The number of halogens is 1. The fraction of sp³-hybridized carbons (Fsp3) is 0.533. The molecule has 0 fully saturated rings. The Morgan fingerprint density at radius 3 is 2.17 bits per heavy atom. The van der Waals surface area contributed by atoms with Gasteiger partial charge in [-0.3, -0.25) is 4.79 Å². The van der Waals surface area contributed by atoms with E-state index in [0.29, 0.717) is 5.56 Å². The Balaban J connectivity index is 2.93. The summed E-state index contributed by atoms with van der Waals surface area (Å²) < 4.78 is 1.02. The summed E-state index contributed by atoms with van der Waals surface area (Å²) in [6, 6.07) is 5.65. The Labute approximate surface area is 118 Å². The van der Waals surface area contributed by atoms with Gasteiger partial charge in [0.2, 0.25) is 0 Å². The van der Waals surface area contributed by atoms with Crippen LogP contribution in [0.4, 0.5) is 0 Å². The summed E-state index contributed by atoms with van der Waals surface area (Å²) in [6.07, 6.45) is 0. The highest BCUT2D eigenvalue weighted by Gasteiger charge is 2.34. The van der Waals surface area contributed by atoms with E-state index in [4.69, 9.17) is 0 Å². The molecule has 1 aromatic rings. The number of hydrogen-bond donors (Lipinski definition) is 1. The maximum absolute atomic E-state index is 12.2. The van der Waals surface area contributed by atoms with E-state index in [1.54, 1.807) is 0 Å². The molecule has 3 heteroatoms. The number of hydrogen-bond acceptors (Lipinski definition) is 1. The van der Waals surface area contributed by atoms with E-state index in [0.717, 1.165) is 10.0 Å². The molecule has 0 aromatic heterocycles. The first kappa shape index (κ1) is 15.2. The van der Waals surface area contributed by atoms with Crippen LogP contribution in [0.1, 0.15) is 50.5 Å². The summed E-state index contributed by atoms with van der Waals surface area (Å²) in [6.45, 7) is 12.5. The Hall–Kier alpha value is -0.830. The molecule has 0 bridgehead atoms. The molecule has 1 N–H and O–H groups in total. The second-order valence-electron chi connectivity index (χ2n) is 6.29. The summed E-state index contributed by atoms with van der Waals surface area (Å²) in [5.74, 6) is -0.0227. The monoisotopic (exact) mass is 311 g/mol. The molecule has 0 unspecified atom stereocenters. The molecule has 1 amide bonds. The quantitative estimate of drug-likeness (QED) is 0.866. The second-order valence-corrected chi connectivity index (χ2v) is 7.15. The predicted molar refractivity (Wildman–Crippen MR) is 79.9 cm³/mol. The molecular formula is C15H22BrNO. The number of aryl methyl sites for hydroxylation is 1. The van der Waals surface area contributed by atoms with Crippen molar-refractivity contribution in [1.29, 1.82) is 0 Å². The lowest BCUT2D eigenvalue weighted by molar-refractivity contribution is 0.0829. The normalized spacial score (nSPS) is 12.4. The number of rotatable bonds is 2. The number of amides is 1. The fourth-order valence-electron chi connectivity index (χ4n) is 1.33. The second kappa shape index (κ2) is 5.04. The molecule has 2 nitrogen and oxygen atoms in total. The van der Waals surface area contributed by atoms with E-state index >= 15 is 0 Å². The minimum atomic E-state index is -0.259. The highest BCUT2D eigenvalue weighted by molar-refractivity contribution is 9.10. The van der Waals surface area contributed by atoms with Crippen molar-refractivity contribution in [2.75, 3.05) is 0 Å². The van der Waals surface area contributed by atoms with E-state index in [-0.39, 0.29) is 16.9 Å². The molecular weight excluding hydrogens is 290 g/mol. The molecule has 18 heavy (non-hydrogen) atoms. The SMILES string of the molecule is Cc1cc(C(=O)NC(C)(C)C(C)(C)C)ccc1Br. The van der Waals surface area contributed by atoms with Gasteiger partial charge in [0.1, 0.15) is 0 Å². The first-order valence-corrected chi connectivity index (χ1v) is 6.92. The molecule has 1 aromatic carbocycles. The largest absolute Gasteiger partial charge is 0.347 e. The molecule has 0 aliphatic rings. The molecule has 0 spiro atoms. The van der Waals surface area contributed by atoms with Gasteiger partial charge >= 0.3 is 0 Å². The van der Waals surface area contributed by atoms with Crippen molar-refractivity contribution < 1.29 is 4.79 Å². The molecule has 0 radical (unpaired) electrons. The standard InChI is InChI=1S/C15H22BrNO/c1-10-9-11(7-8-12(10)16)13(18)17-15(5,6)14(2,3)4/h7-9H,1-6H3,(H,17,18). The fourth-order valence-corrected chi connectivity index (χ4v) is 1.58. The van der Waals surface area contributed by atoms with Gasteiger partial charge in [0.25, 0.3) is 5.91 Å². The highest BCUT2D eigenvalue weighted by Crippen LogP contribution is 2.29. The van der Waals surface area contributed by atoms with Gasteiger partial charge in [-0.2, -0.15) is 0 Å².